The van der Waals surface area contributed by atoms with Gasteiger partial charge in [0.15, 0.2) is 11.9 Å². The molecule has 2 fully saturated rings. The highest BCUT2D eigenvalue weighted by Crippen LogP contribution is 2.45. The van der Waals surface area contributed by atoms with Gasteiger partial charge in [-0.3, -0.25) is 4.52 Å². The molecular weight excluding hydrogens is 523 g/mol. The van der Waals surface area contributed by atoms with Gasteiger partial charge in [0.2, 0.25) is 0 Å². The highest BCUT2D eigenvalue weighted by molar-refractivity contribution is 7.46. The minimum Gasteiger partial charge on any atom is -0.488 e. The monoisotopic (exact) mass is 553 g/mol. The number of aliphatic hydroxyl groups excluding tert-OH is 1. The molecule has 2 heterocycles. The Kier molecular flexibility index (Phi) is 7.85. The standard InChI is InChI=1S/C28H29N2O8P/c1-28(32)16-24(28)27-29-13-14-30(27)22(17-37-39(33,34)35)9-4-19-2-5-20(6-3-19)21-7-10-23(11-8-21)38-26-12-15-36-18-25(26)31/h2-3,5-8,10-11,13-14,24-26,31-32H,12,15-18H2,1H3,(H-,33,34,35)/p+1/t24?,25-,26-,28?/m1/s1. The molecule has 1 saturated carbocycles. The summed E-state index contributed by atoms with van der Waals surface area (Å²) < 4.78 is 28.9. The summed E-state index contributed by atoms with van der Waals surface area (Å²) in [6.45, 7) is 2.14. The Bertz CT molecular complexity index is 1410. The Morgan fingerprint density at radius 2 is 1.85 bits per heavy atom. The molecule has 2 aliphatic heterocycles. The molecule has 4 N–H and O–H groups in total. The summed E-state index contributed by atoms with van der Waals surface area (Å²) in [5, 5.41) is 20.3. The summed E-state index contributed by atoms with van der Waals surface area (Å²) in [5.74, 6) is 7.04. The number of benzene rings is 2. The van der Waals surface area contributed by atoms with Crippen molar-refractivity contribution in [2.75, 3.05) is 19.8 Å². The van der Waals surface area contributed by atoms with E-state index in [1.165, 1.54) is 0 Å². The fourth-order valence-corrected chi connectivity index (χ4v) is 4.76. The third-order valence-corrected chi connectivity index (χ3v) is 7.29. The van der Waals surface area contributed by atoms with Gasteiger partial charge in [-0.05, 0) is 59.6 Å². The number of nitrogens with zero attached hydrogens (tertiary/aromatic N) is 2. The van der Waals surface area contributed by atoms with Gasteiger partial charge in [0.1, 0.15) is 30.8 Å². The van der Waals surface area contributed by atoms with Crippen LogP contribution in [0.5, 0.6) is 5.75 Å². The molecule has 10 nitrogen and oxygen atoms in total. The Morgan fingerprint density at radius 3 is 2.46 bits per heavy atom. The van der Waals surface area contributed by atoms with Crippen molar-refractivity contribution in [1.82, 2.24) is 0 Å². The number of amidine groups is 1. The number of hydrogen-bond donors (Lipinski definition) is 4. The van der Waals surface area contributed by atoms with Crippen molar-refractivity contribution in [2.24, 2.45) is 10.9 Å². The first-order valence-corrected chi connectivity index (χ1v) is 14.1. The van der Waals surface area contributed by atoms with Gasteiger partial charge in [-0.15, -0.1) is 0 Å². The number of phosphoric acid groups is 1. The summed E-state index contributed by atoms with van der Waals surface area (Å²) in [7, 11) is -4.72. The smallest absolute Gasteiger partial charge is 0.470 e. The van der Waals surface area contributed by atoms with E-state index in [9.17, 15) is 24.6 Å². The molecule has 0 radical (unpaired) electrons. The van der Waals surface area contributed by atoms with Gasteiger partial charge in [0.05, 0.1) is 24.7 Å². The molecule has 0 amide bonds. The van der Waals surface area contributed by atoms with E-state index in [4.69, 9.17) is 14.0 Å². The van der Waals surface area contributed by atoms with Crippen molar-refractivity contribution in [1.29, 1.82) is 0 Å². The topological polar surface area (TPSA) is 141 Å². The molecule has 1 aliphatic carbocycles. The Labute approximate surface area is 226 Å². The molecule has 2 aromatic rings. The van der Waals surface area contributed by atoms with Crippen LogP contribution in [0.1, 0.15) is 25.3 Å². The summed E-state index contributed by atoms with van der Waals surface area (Å²) in [6.07, 6.45) is 3.44. The molecule has 3 aliphatic rings. The van der Waals surface area contributed by atoms with E-state index < -0.39 is 26.1 Å². The number of phosphoric ester groups is 1. The molecule has 1 saturated heterocycles. The van der Waals surface area contributed by atoms with Crippen LogP contribution < -0.4 is 4.74 Å². The first kappa shape index (κ1) is 27.4. The van der Waals surface area contributed by atoms with E-state index in [-0.39, 0.29) is 18.6 Å². The second kappa shape index (κ2) is 11.2. The van der Waals surface area contributed by atoms with Crippen LogP contribution in [0.25, 0.3) is 11.1 Å². The van der Waals surface area contributed by atoms with Gasteiger partial charge in [-0.2, -0.15) is 4.58 Å². The molecule has 11 heteroatoms. The lowest BCUT2D eigenvalue weighted by molar-refractivity contribution is -0.326. The first-order chi connectivity index (χ1) is 18.6. The largest absolute Gasteiger partial charge is 0.488 e. The van der Waals surface area contributed by atoms with Crippen molar-refractivity contribution in [2.45, 2.75) is 37.6 Å². The predicted octanol–water partition coefficient (Wildman–Crippen LogP) is 2.45. The molecule has 0 bridgehead atoms. The maximum atomic E-state index is 11.3. The van der Waals surface area contributed by atoms with Crippen LogP contribution in [0.3, 0.4) is 0 Å². The maximum Gasteiger partial charge on any atom is 0.470 e. The molecular formula is C28H30N2O8P+. The fraction of sp³-hybridized carbons (Fsp3) is 0.357. The number of aliphatic imine (C=N–C) groups is 1. The Balaban J connectivity index is 1.31. The van der Waals surface area contributed by atoms with E-state index in [1.807, 2.05) is 48.5 Å². The van der Waals surface area contributed by atoms with Crippen molar-refractivity contribution in [3.8, 4) is 28.7 Å². The SMILES string of the molecule is CC1(O)CC1C1=NC=C[N+]1=C(C#Cc1ccc(-c2ccc(O[C@@H]3CCOC[C@H]3O)cc2)cc1)COP(=O)(O)O. The molecule has 39 heavy (non-hydrogen) atoms. The molecule has 2 unspecified atom stereocenters. The molecule has 0 spiro atoms. The number of aliphatic hydroxyl groups is 2. The molecule has 2 aromatic carbocycles. The summed E-state index contributed by atoms with van der Waals surface area (Å²) in [4.78, 5) is 22.7. The quantitative estimate of drug-likeness (QED) is 0.233. The lowest BCUT2D eigenvalue weighted by Gasteiger charge is -2.28. The van der Waals surface area contributed by atoms with E-state index in [0.717, 1.165) is 11.1 Å². The molecule has 204 valence electrons. The third kappa shape index (κ3) is 6.90. The summed E-state index contributed by atoms with van der Waals surface area (Å²) >= 11 is 0. The number of hydrogen-bond acceptors (Lipinski definition) is 7. The first-order valence-electron chi connectivity index (χ1n) is 12.6. The van der Waals surface area contributed by atoms with Crippen LogP contribution >= 0.6 is 7.82 Å². The van der Waals surface area contributed by atoms with Crippen molar-refractivity contribution in [3.63, 3.8) is 0 Å². The van der Waals surface area contributed by atoms with Crippen molar-refractivity contribution in [3.05, 3.63) is 66.5 Å². The van der Waals surface area contributed by atoms with Crippen molar-refractivity contribution < 1.29 is 43.1 Å². The van der Waals surface area contributed by atoms with Gasteiger partial charge in [-0.25, -0.2) is 4.57 Å². The number of ether oxygens (including phenoxy) is 2. The Morgan fingerprint density at radius 1 is 1.18 bits per heavy atom. The third-order valence-electron chi connectivity index (χ3n) is 6.82. The van der Waals surface area contributed by atoms with E-state index in [0.29, 0.717) is 42.3 Å². The molecule has 0 aromatic heterocycles. The van der Waals surface area contributed by atoms with Crippen LogP contribution in [0.4, 0.5) is 0 Å². The zero-order valence-corrected chi connectivity index (χ0v) is 22.2. The van der Waals surface area contributed by atoms with Gasteiger partial charge in [0.25, 0.3) is 0 Å². The zero-order chi connectivity index (χ0) is 27.6. The summed E-state index contributed by atoms with van der Waals surface area (Å²) in [6, 6.07) is 15.2. The van der Waals surface area contributed by atoms with Crippen LogP contribution in [-0.4, -0.2) is 73.8 Å². The fourth-order valence-electron chi connectivity index (χ4n) is 4.47. The van der Waals surface area contributed by atoms with E-state index >= 15 is 0 Å². The number of rotatable bonds is 7. The van der Waals surface area contributed by atoms with Gasteiger partial charge in [-0.1, -0.05) is 30.2 Å². The second-order valence-electron chi connectivity index (χ2n) is 9.92. The second-order valence-corrected chi connectivity index (χ2v) is 11.2. The zero-order valence-electron chi connectivity index (χ0n) is 21.3. The highest BCUT2D eigenvalue weighted by Gasteiger charge is 2.57. The molecule has 5 rings (SSSR count). The maximum absolute atomic E-state index is 11.3. The minimum absolute atomic E-state index is 0.197. The van der Waals surface area contributed by atoms with Gasteiger partial charge >= 0.3 is 13.7 Å². The molecule has 4 atom stereocenters. The normalized spacial score (nSPS) is 27.4. The highest BCUT2D eigenvalue weighted by atomic mass is 31.2. The Hall–Kier alpha value is -3.13. The average Bonchev–Trinajstić information content (AvgIpc) is 3.29. The predicted molar refractivity (Wildman–Crippen MR) is 143 cm³/mol. The van der Waals surface area contributed by atoms with Crippen LogP contribution in [0, 0.1) is 17.8 Å². The lowest BCUT2D eigenvalue weighted by atomic mass is 10.0. The van der Waals surface area contributed by atoms with Crippen LogP contribution in [-0.2, 0) is 13.8 Å². The van der Waals surface area contributed by atoms with Crippen molar-refractivity contribution >= 4 is 19.4 Å². The van der Waals surface area contributed by atoms with Crippen LogP contribution in [0.2, 0.25) is 0 Å². The lowest BCUT2D eigenvalue weighted by Crippen LogP contribution is -2.40. The summed E-state index contributed by atoms with van der Waals surface area (Å²) in [5.41, 5.74) is 2.07. The minimum atomic E-state index is -4.72. The van der Waals surface area contributed by atoms with Gasteiger partial charge < -0.3 is 29.5 Å². The van der Waals surface area contributed by atoms with E-state index in [2.05, 4.69) is 16.8 Å². The van der Waals surface area contributed by atoms with E-state index in [1.54, 1.807) is 23.9 Å². The van der Waals surface area contributed by atoms with Gasteiger partial charge in [0, 0.05) is 12.0 Å². The van der Waals surface area contributed by atoms with Crippen LogP contribution in [0.15, 0.2) is 65.9 Å². The average molecular weight is 554 g/mol.